The summed E-state index contributed by atoms with van der Waals surface area (Å²) in [6.45, 7) is 0. The van der Waals surface area contributed by atoms with Gasteiger partial charge < -0.3 is 11.5 Å². The number of benzene rings is 1. The van der Waals surface area contributed by atoms with E-state index in [0.29, 0.717) is 5.71 Å². The van der Waals surface area contributed by atoms with Crippen LogP contribution in [0.3, 0.4) is 0 Å². The van der Waals surface area contributed by atoms with Crippen molar-refractivity contribution in [3.8, 4) is 0 Å². The van der Waals surface area contributed by atoms with E-state index in [-0.39, 0.29) is 11.7 Å². The molecule has 7 heteroatoms. The number of fused-ring (bicyclic) bond motifs is 1. The molecule has 7 nitrogen and oxygen atoms in total. The predicted octanol–water partition coefficient (Wildman–Crippen LogP) is 0.646. The van der Waals surface area contributed by atoms with E-state index >= 15 is 0 Å². The minimum Gasteiger partial charge on any atom is -0.380 e. The summed E-state index contributed by atoms with van der Waals surface area (Å²) in [4.78, 5) is 4.31. The molecule has 0 fully saturated rings. The van der Waals surface area contributed by atoms with Crippen molar-refractivity contribution in [2.45, 2.75) is 0 Å². The summed E-state index contributed by atoms with van der Waals surface area (Å²) in [5, 5.41) is 12.4. The van der Waals surface area contributed by atoms with Gasteiger partial charge in [0.15, 0.2) is 17.4 Å². The zero-order chi connectivity index (χ0) is 13.2. The number of amidine groups is 2. The fourth-order valence-corrected chi connectivity index (χ4v) is 1.76. The van der Waals surface area contributed by atoms with Gasteiger partial charge in [0.2, 0.25) is 0 Å². The minimum atomic E-state index is 0.193. The van der Waals surface area contributed by atoms with E-state index in [0.717, 1.165) is 16.6 Å². The van der Waals surface area contributed by atoms with Gasteiger partial charge in [-0.15, -0.1) is 10.2 Å². The molecule has 2 heterocycles. The molecule has 0 saturated heterocycles. The molecular weight excluding hydrogens is 242 g/mol. The van der Waals surface area contributed by atoms with E-state index in [1.54, 1.807) is 6.20 Å². The number of nitrogens with one attached hydrogen (secondary N) is 1. The Hall–Kier alpha value is -2.96. The molecule has 0 aliphatic carbocycles. The number of para-hydroxylation sites is 1. The molecule has 1 aliphatic rings. The number of nitrogens with two attached hydrogens (primary N) is 2. The van der Waals surface area contributed by atoms with Gasteiger partial charge in [-0.25, -0.2) is 0 Å². The first kappa shape index (κ1) is 11.1. The van der Waals surface area contributed by atoms with Crippen LogP contribution in [0.4, 0.5) is 5.69 Å². The van der Waals surface area contributed by atoms with Gasteiger partial charge in [-0.05, 0) is 12.1 Å². The number of aromatic nitrogens is 1. The quantitative estimate of drug-likeness (QED) is 0.681. The Morgan fingerprint density at radius 1 is 1.00 bits per heavy atom. The predicted molar refractivity (Wildman–Crippen MR) is 76.0 cm³/mol. The number of hydrazone groups is 1. The molecule has 2 aromatic rings. The van der Waals surface area contributed by atoms with E-state index in [1.165, 1.54) is 0 Å². The summed E-state index contributed by atoms with van der Waals surface area (Å²) in [6, 6.07) is 9.61. The van der Waals surface area contributed by atoms with Crippen LogP contribution in [0.1, 0.15) is 0 Å². The molecule has 0 amide bonds. The lowest BCUT2D eigenvalue weighted by Gasteiger charge is -2.05. The van der Waals surface area contributed by atoms with E-state index in [9.17, 15) is 0 Å². The monoisotopic (exact) mass is 253 g/mol. The van der Waals surface area contributed by atoms with Crippen LogP contribution in [0.2, 0.25) is 0 Å². The van der Waals surface area contributed by atoms with Crippen molar-refractivity contribution < 1.29 is 0 Å². The summed E-state index contributed by atoms with van der Waals surface area (Å²) in [7, 11) is 0. The van der Waals surface area contributed by atoms with Crippen LogP contribution in [-0.4, -0.2) is 22.4 Å². The van der Waals surface area contributed by atoms with Crippen molar-refractivity contribution in [2.24, 2.45) is 26.8 Å². The van der Waals surface area contributed by atoms with Crippen LogP contribution < -0.4 is 16.9 Å². The number of nitrogens with zero attached hydrogens (tertiary/aromatic N) is 4. The molecule has 0 spiro atoms. The first-order valence-electron chi connectivity index (χ1n) is 5.60. The smallest absolute Gasteiger partial charge is 0.177 e. The minimum absolute atomic E-state index is 0.193. The average Bonchev–Trinajstić information content (AvgIpc) is 2.76. The van der Waals surface area contributed by atoms with Crippen molar-refractivity contribution in [2.75, 3.05) is 5.43 Å². The highest BCUT2D eigenvalue weighted by molar-refractivity contribution is 6.68. The van der Waals surface area contributed by atoms with Gasteiger partial charge in [0.25, 0.3) is 0 Å². The molecule has 0 radical (unpaired) electrons. The number of anilines is 1. The average molecular weight is 253 g/mol. The largest absolute Gasteiger partial charge is 0.380 e. The summed E-state index contributed by atoms with van der Waals surface area (Å²) >= 11 is 0. The molecule has 1 aromatic heterocycles. The zero-order valence-electron chi connectivity index (χ0n) is 9.91. The topological polar surface area (TPSA) is 114 Å². The lowest BCUT2D eigenvalue weighted by molar-refractivity contribution is 1.25. The van der Waals surface area contributed by atoms with Crippen LogP contribution in [0.15, 0.2) is 51.8 Å². The first-order valence-corrected chi connectivity index (χ1v) is 5.60. The van der Waals surface area contributed by atoms with Crippen LogP contribution in [0, 0.1) is 0 Å². The Morgan fingerprint density at radius 3 is 2.53 bits per heavy atom. The Kier molecular flexibility index (Phi) is 2.57. The maximum atomic E-state index is 5.62. The highest BCUT2D eigenvalue weighted by Crippen LogP contribution is 2.20. The van der Waals surface area contributed by atoms with Crippen molar-refractivity contribution in [1.29, 1.82) is 0 Å². The maximum absolute atomic E-state index is 5.62. The SMILES string of the molecule is NC1=NN=C(N)C1=NNc1cccc2cccnc12. The fourth-order valence-electron chi connectivity index (χ4n) is 1.76. The number of hydrogen-bond donors (Lipinski definition) is 3. The van der Waals surface area contributed by atoms with Gasteiger partial charge in [0, 0.05) is 11.6 Å². The van der Waals surface area contributed by atoms with Gasteiger partial charge in [-0.3, -0.25) is 10.4 Å². The Morgan fingerprint density at radius 2 is 1.74 bits per heavy atom. The number of rotatable bonds is 2. The number of pyridine rings is 1. The van der Waals surface area contributed by atoms with Gasteiger partial charge in [-0.2, -0.15) is 5.10 Å². The molecule has 1 aliphatic heterocycles. The van der Waals surface area contributed by atoms with Crippen molar-refractivity contribution in [1.82, 2.24) is 4.98 Å². The molecule has 0 unspecified atom stereocenters. The third kappa shape index (κ3) is 1.97. The van der Waals surface area contributed by atoms with Gasteiger partial charge >= 0.3 is 0 Å². The fraction of sp³-hybridized carbons (Fsp3) is 0. The summed E-state index contributed by atoms with van der Waals surface area (Å²) in [5.74, 6) is 0.386. The molecule has 1 aromatic carbocycles. The lowest BCUT2D eigenvalue weighted by Crippen LogP contribution is -2.32. The van der Waals surface area contributed by atoms with Crippen molar-refractivity contribution in [3.63, 3.8) is 0 Å². The van der Waals surface area contributed by atoms with Crippen LogP contribution in [-0.2, 0) is 0 Å². The molecule has 0 saturated carbocycles. The maximum Gasteiger partial charge on any atom is 0.177 e. The molecule has 94 valence electrons. The third-order valence-electron chi connectivity index (χ3n) is 2.67. The Bertz CT molecular complexity index is 704. The summed E-state index contributed by atoms with van der Waals surface area (Å²) in [5.41, 5.74) is 16.0. The van der Waals surface area contributed by atoms with Gasteiger partial charge in [-0.1, -0.05) is 18.2 Å². The number of hydrogen-bond acceptors (Lipinski definition) is 7. The standard InChI is InChI=1S/C12H11N7/c13-11-10(12(14)19-18-11)17-16-8-5-1-3-7-4-2-6-15-9(7)8/h1-6,16H,(H4,13,14,17,18,19). The molecule has 5 N–H and O–H groups in total. The van der Waals surface area contributed by atoms with Gasteiger partial charge in [0.05, 0.1) is 11.2 Å². The van der Waals surface area contributed by atoms with Crippen molar-refractivity contribution >= 4 is 34.0 Å². The van der Waals surface area contributed by atoms with E-state index in [4.69, 9.17) is 11.5 Å². The zero-order valence-corrected chi connectivity index (χ0v) is 9.91. The molecule has 0 bridgehead atoms. The van der Waals surface area contributed by atoms with Gasteiger partial charge in [0.1, 0.15) is 0 Å². The van der Waals surface area contributed by atoms with E-state index < -0.39 is 0 Å². The third-order valence-corrected chi connectivity index (χ3v) is 2.67. The summed E-state index contributed by atoms with van der Waals surface area (Å²) < 4.78 is 0. The normalized spacial score (nSPS) is 14.2. The lowest BCUT2D eigenvalue weighted by atomic mass is 10.2. The second-order valence-electron chi connectivity index (χ2n) is 3.92. The molecular formula is C12H11N7. The van der Waals surface area contributed by atoms with Crippen LogP contribution in [0.25, 0.3) is 10.9 Å². The van der Waals surface area contributed by atoms with E-state index in [2.05, 4.69) is 25.7 Å². The van der Waals surface area contributed by atoms with Crippen LogP contribution >= 0.6 is 0 Å². The summed E-state index contributed by atoms with van der Waals surface area (Å²) in [6.07, 6.45) is 1.72. The first-order chi connectivity index (χ1) is 9.25. The van der Waals surface area contributed by atoms with Crippen LogP contribution in [0.5, 0.6) is 0 Å². The molecule has 0 atom stereocenters. The highest BCUT2D eigenvalue weighted by Gasteiger charge is 2.16. The molecule has 3 rings (SSSR count). The van der Waals surface area contributed by atoms with Crippen molar-refractivity contribution in [3.05, 3.63) is 36.5 Å². The second-order valence-corrected chi connectivity index (χ2v) is 3.92. The molecule has 19 heavy (non-hydrogen) atoms. The second kappa shape index (κ2) is 4.37. The highest BCUT2D eigenvalue weighted by atomic mass is 15.4. The Labute approximate surface area is 108 Å². The Balaban J connectivity index is 1.97. The van der Waals surface area contributed by atoms with E-state index in [1.807, 2.05) is 30.3 Å².